The summed E-state index contributed by atoms with van der Waals surface area (Å²) >= 11 is 6.12. The van der Waals surface area contributed by atoms with Gasteiger partial charge in [0.25, 0.3) is 0 Å². The molecule has 3 rings (SSSR count). The van der Waals surface area contributed by atoms with Gasteiger partial charge in [-0.05, 0) is 36.2 Å². The average Bonchev–Trinajstić information content (AvgIpc) is 2.75. The number of nitrogens with one attached hydrogen (secondary N) is 1. The fourth-order valence-electron chi connectivity index (χ4n) is 2.88. The monoisotopic (exact) mass is 408 g/mol. The average molecular weight is 409 g/mol. The largest absolute Gasteiger partial charge is 0.495 e. The van der Waals surface area contributed by atoms with E-state index in [2.05, 4.69) is 5.32 Å². The Hall–Kier alpha value is -3.31. The van der Waals surface area contributed by atoms with Crippen molar-refractivity contribution in [2.75, 3.05) is 17.3 Å². The Balaban J connectivity index is 1.88. The van der Waals surface area contributed by atoms with Gasteiger partial charge >= 0.3 is 11.8 Å². The van der Waals surface area contributed by atoms with Crippen LogP contribution in [-0.2, 0) is 16.1 Å². The Morgan fingerprint density at radius 2 is 1.62 bits per heavy atom. The standard InChI is InChI=1S/C23H21ClN2O3/c1-16-13-20(21(29-2)14-19(16)24)25-22(27)23(28)26(18-11-7-4-8-12-18)15-17-9-5-3-6-10-17/h3-14H,15H2,1-2H3,(H,25,27). The fraction of sp³-hybridized carbons (Fsp3) is 0.130. The van der Waals surface area contributed by atoms with Gasteiger partial charge in [-0.2, -0.15) is 0 Å². The molecule has 0 aliphatic heterocycles. The molecule has 5 nitrogen and oxygen atoms in total. The Labute approximate surface area is 174 Å². The van der Waals surface area contributed by atoms with E-state index in [0.29, 0.717) is 22.1 Å². The van der Waals surface area contributed by atoms with Crippen molar-refractivity contribution in [1.82, 2.24) is 0 Å². The molecule has 6 heteroatoms. The van der Waals surface area contributed by atoms with Crippen molar-refractivity contribution in [3.8, 4) is 5.75 Å². The quantitative estimate of drug-likeness (QED) is 0.615. The van der Waals surface area contributed by atoms with Crippen LogP contribution in [0.1, 0.15) is 11.1 Å². The fourth-order valence-corrected chi connectivity index (χ4v) is 3.04. The van der Waals surface area contributed by atoms with E-state index < -0.39 is 11.8 Å². The molecule has 29 heavy (non-hydrogen) atoms. The van der Waals surface area contributed by atoms with Crippen LogP contribution in [0.15, 0.2) is 72.8 Å². The Bertz CT molecular complexity index is 1010. The van der Waals surface area contributed by atoms with Crippen LogP contribution in [0.4, 0.5) is 11.4 Å². The third-order valence-corrected chi connectivity index (χ3v) is 4.83. The number of hydrogen-bond acceptors (Lipinski definition) is 3. The first-order valence-corrected chi connectivity index (χ1v) is 9.43. The molecule has 0 aliphatic carbocycles. The number of anilines is 2. The number of methoxy groups -OCH3 is 1. The van der Waals surface area contributed by atoms with Gasteiger partial charge in [-0.15, -0.1) is 0 Å². The molecular weight excluding hydrogens is 388 g/mol. The zero-order chi connectivity index (χ0) is 20.8. The van der Waals surface area contributed by atoms with Crippen molar-refractivity contribution in [3.05, 3.63) is 88.9 Å². The first-order chi connectivity index (χ1) is 14.0. The van der Waals surface area contributed by atoms with Crippen LogP contribution in [0.25, 0.3) is 0 Å². The number of carbonyl (C=O) groups is 2. The first kappa shape index (κ1) is 20.4. The van der Waals surface area contributed by atoms with Crippen molar-refractivity contribution in [3.63, 3.8) is 0 Å². The van der Waals surface area contributed by atoms with Gasteiger partial charge in [0, 0.05) is 16.8 Å². The molecule has 0 unspecified atom stereocenters. The lowest BCUT2D eigenvalue weighted by molar-refractivity contribution is -0.134. The Morgan fingerprint density at radius 1 is 1.00 bits per heavy atom. The number of rotatable bonds is 5. The molecule has 0 atom stereocenters. The molecule has 0 radical (unpaired) electrons. The van der Waals surface area contributed by atoms with Crippen molar-refractivity contribution < 1.29 is 14.3 Å². The molecule has 2 amide bonds. The molecule has 0 aliphatic rings. The molecule has 0 aromatic heterocycles. The molecule has 0 saturated heterocycles. The number of aryl methyl sites for hydroxylation is 1. The van der Waals surface area contributed by atoms with Gasteiger partial charge in [0.05, 0.1) is 19.3 Å². The van der Waals surface area contributed by atoms with E-state index in [1.54, 1.807) is 24.3 Å². The van der Waals surface area contributed by atoms with E-state index in [4.69, 9.17) is 16.3 Å². The summed E-state index contributed by atoms with van der Waals surface area (Å²) in [6, 6.07) is 21.9. The smallest absolute Gasteiger partial charge is 0.316 e. The highest BCUT2D eigenvalue weighted by Gasteiger charge is 2.25. The van der Waals surface area contributed by atoms with Gasteiger partial charge in [-0.3, -0.25) is 14.5 Å². The summed E-state index contributed by atoms with van der Waals surface area (Å²) in [4.78, 5) is 27.3. The lowest BCUT2D eigenvalue weighted by Gasteiger charge is -2.23. The first-order valence-electron chi connectivity index (χ1n) is 9.05. The summed E-state index contributed by atoms with van der Waals surface area (Å²) in [5.74, 6) is -1.05. The van der Waals surface area contributed by atoms with E-state index in [9.17, 15) is 9.59 Å². The molecule has 0 saturated carbocycles. The van der Waals surface area contributed by atoms with Crippen molar-refractivity contribution in [2.24, 2.45) is 0 Å². The Kier molecular flexibility index (Phi) is 6.52. The number of amides is 2. The number of ether oxygens (including phenoxy) is 1. The molecule has 0 fully saturated rings. The van der Waals surface area contributed by atoms with Crippen LogP contribution in [0.2, 0.25) is 5.02 Å². The molecule has 3 aromatic carbocycles. The van der Waals surface area contributed by atoms with Gasteiger partial charge in [-0.1, -0.05) is 60.1 Å². The molecule has 3 aromatic rings. The zero-order valence-electron chi connectivity index (χ0n) is 16.2. The number of hydrogen-bond donors (Lipinski definition) is 1. The van der Waals surface area contributed by atoms with E-state index in [-0.39, 0.29) is 6.54 Å². The number of carbonyl (C=O) groups excluding carboxylic acids is 2. The third-order valence-electron chi connectivity index (χ3n) is 4.42. The van der Waals surface area contributed by atoms with Gasteiger partial charge in [-0.25, -0.2) is 0 Å². The van der Waals surface area contributed by atoms with Crippen LogP contribution in [0, 0.1) is 6.92 Å². The maximum absolute atomic E-state index is 13.1. The summed E-state index contributed by atoms with van der Waals surface area (Å²) in [5, 5.41) is 3.17. The van der Waals surface area contributed by atoms with Gasteiger partial charge in [0.15, 0.2) is 0 Å². The highest BCUT2D eigenvalue weighted by atomic mass is 35.5. The van der Waals surface area contributed by atoms with E-state index in [1.165, 1.54) is 12.0 Å². The minimum absolute atomic E-state index is 0.272. The summed E-state index contributed by atoms with van der Waals surface area (Å²) in [6.07, 6.45) is 0. The second kappa shape index (κ2) is 9.26. The third kappa shape index (κ3) is 4.95. The second-order valence-corrected chi connectivity index (χ2v) is 6.88. The summed E-state index contributed by atoms with van der Waals surface area (Å²) in [7, 11) is 1.48. The summed E-state index contributed by atoms with van der Waals surface area (Å²) in [6.45, 7) is 2.08. The lowest BCUT2D eigenvalue weighted by Crippen LogP contribution is -2.39. The van der Waals surface area contributed by atoms with Gasteiger partial charge in [0.2, 0.25) is 0 Å². The maximum Gasteiger partial charge on any atom is 0.316 e. The molecule has 148 valence electrons. The maximum atomic E-state index is 13.1. The van der Waals surface area contributed by atoms with E-state index >= 15 is 0 Å². The topological polar surface area (TPSA) is 58.6 Å². The van der Waals surface area contributed by atoms with Crippen molar-refractivity contribution in [2.45, 2.75) is 13.5 Å². The summed E-state index contributed by atoms with van der Waals surface area (Å²) in [5.41, 5.74) is 2.70. The normalized spacial score (nSPS) is 10.3. The lowest BCUT2D eigenvalue weighted by atomic mass is 10.2. The van der Waals surface area contributed by atoms with Crippen LogP contribution < -0.4 is 15.0 Å². The molecule has 0 bridgehead atoms. The van der Waals surface area contributed by atoms with Crippen LogP contribution >= 0.6 is 11.6 Å². The molecule has 1 N–H and O–H groups in total. The van der Waals surface area contributed by atoms with Gasteiger partial charge < -0.3 is 10.1 Å². The SMILES string of the molecule is COc1cc(Cl)c(C)cc1NC(=O)C(=O)N(Cc1ccccc1)c1ccccc1. The molecule has 0 spiro atoms. The number of nitrogens with zero attached hydrogens (tertiary/aromatic N) is 1. The van der Waals surface area contributed by atoms with E-state index in [0.717, 1.165) is 11.1 Å². The molecule has 0 heterocycles. The second-order valence-electron chi connectivity index (χ2n) is 6.47. The highest BCUT2D eigenvalue weighted by molar-refractivity contribution is 6.44. The van der Waals surface area contributed by atoms with Crippen molar-refractivity contribution in [1.29, 1.82) is 0 Å². The predicted octanol–water partition coefficient (Wildman–Crippen LogP) is 4.83. The minimum Gasteiger partial charge on any atom is -0.495 e. The van der Waals surface area contributed by atoms with E-state index in [1.807, 2.05) is 55.5 Å². The number of para-hydroxylation sites is 1. The van der Waals surface area contributed by atoms with Crippen LogP contribution in [-0.4, -0.2) is 18.9 Å². The van der Waals surface area contributed by atoms with Crippen molar-refractivity contribution >= 4 is 34.8 Å². The summed E-state index contributed by atoms with van der Waals surface area (Å²) < 4.78 is 5.28. The molecular formula is C23H21ClN2O3. The predicted molar refractivity (Wildman–Crippen MR) is 115 cm³/mol. The van der Waals surface area contributed by atoms with Crippen LogP contribution in [0.5, 0.6) is 5.75 Å². The minimum atomic E-state index is -0.759. The van der Waals surface area contributed by atoms with Crippen LogP contribution in [0.3, 0.4) is 0 Å². The van der Waals surface area contributed by atoms with Gasteiger partial charge in [0.1, 0.15) is 5.75 Å². The number of benzene rings is 3. The highest BCUT2D eigenvalue weighted by Crippen LogP contribution is 2.31. The number of halogens is 1. The zero-order valence-corrected chi connectivity index (χ0v) is 16.9. The Morgan fingerprint density at radius 3 is 2.24 bits per heavy atom.